The number of ether oxygens (including phenoxy) is 1. The first-order valence-corrected chi connectivity index (χ1v) is 7.09. The Morgan fingerprint density at radius 3 is 2.27 bits per heavy atom. The number of carbonyl (C=O) groups is 3. The number of anilines is 2. The standard InChI is InChI=1S/C15H18N2O5/c18-13(7-8-14(19)20)16-10-3-5-11(6-4-10)17-15(21)12-2-1-9-22-12/h3-6,12H,1-2,7-9H2,(H,16,18)(H,17,21)(H,19,20). The zero-order valence-electron chi connectivity index (χ0n) is 12.0. The minimum absolute atomic E-state index is 0.0765. The molecule has 1 unspecified atom stereocenters. The van der Waals surface area contributed by atoms with Crippen LogP contribution in [0.4, 0.5) is 11.4 Å². The molecule has 1 atom stereocenters. The summed E-state index contributed by atoms with van der Waals surface area (Å²) >= 11 is 0. The van der Waals surface area contributed by atoms with Gasteiger partial charge in [0.05, 0.1) is 6.42 Å². The van der Waals surface area contributed by atoms with E-state index in [1.807, 2.05) is 0 Å². The number of rotatable bonds is 6. The van der Waals surface area contributed by atoms with Gasteiger partial charge in [0.25, 0.3) is 5.91 Å². The average Bonchev–Trinajstić information content (AvgIpc) is 3.01. The maximum Gasteiger partial charge on any atom is 0.303 e. The topological polar surface area (TPSA) is 105 Å². The summed E-state index contributed by atoms with van der Waals surface area (Å²) < 4.78 is 5.29. The maximum absolute atomic E-state index is 11.9. The van der Waals surface area contributed by atoms with Gasteiger partial charge >= 0.3 is 5.97 Å². The van der Waals surface area contributed by atoms with Crippen LogP contribution >= 0.6 is 0 Å². The molecular weight excluding hydrogens is 288 g/mol. The summed E-state index contributed by atoms with van der Waals surface area (Å²) in [5, 5.41) is 13.9. The Bertz CT molecular complexity index is 550. The highest BCUT2D eigenvalue weighted by Gasteiger charge is 2.23. The number of carbonyl (C=O) groups excluding carboxylic acids is 2. The SMILES string of the molecule is O=C(O)CCC(=O)Nc1ccc(NC(=O)C2CCCO2)cc1. The molecule has 1 aliphatic heterocycles. The van der Waals surface area contributed by atoms with Gasteiger partial charge in [-0.05, 0) is 37.1 Å². The van der Waals surface area contributed by atoms with Crippen molar-refractivity contribution in [2.45, 2.75) is 31.8 Å². The summed E-state index contributed by atoms with van der Waals surface area (Å²) in [5.41, 5.74) is 1.16. The molecule has 1 fully saturated rings. The predicted octanol–water partition coefficient (Wildman–Crippen LogP) is 1.61. The van der Waals surface area contributed by atoms with Crippen LogP contribution in [0.3, 0.4) is 0 Å². The Labute approximate surface area is 127 Å². The van der Waals surface area contributed by atoms with E-state index in [0.717, 1.165) is 12.8 Å². The van der Waals surface area contributed by atoms with Crippen LogP contribution in [0.5, 0.6) is 0 Å². The Morgan fingerprint density at radius 2 is 1.73 bits per heavy atom. The van der Waals surface area contributed by atoms with Crippen molar-refractivity contribution in [1.82, 2.24) is 0 Å². The van der Waals surface area contributed by atoms with Crippen molar-refractivity contribution in [2.24, 2.45) is 0 Å². The lowest BCUT2D eigenvalue weighted by Gasteiger charge is -2.11. The molecule has 1 aliphatic rings. The fourth-order valence-electron chi connectivity index (χ4n) is 2.09. The summed E-state index contributed by atoms with van der Waals surface area (Å²) in [6.45, 7) is 0.611. The Hall–Kier alpha value is -2.41. The van der Waals surface area contributed by atoms with Crippen molar-refractivity contribution >= 4 is 29.2 Å². The van der Waals surface area contributed by atoms with E-state index in [4.69, 9.17) is 9.84 Å². The second-order valence-electron chi connectivity index (χ2n) is 5.01. The van der Waals surface area contributed by atoms with Crippen LogP contribution in [0.2, 0.25) is 0 Å². The van der Waals surface area contributed by atoms with E-state index in [2.05, 4.69) is 10.6 Å². The second kappa shape index (κ2) is 7.56. The molecule has 0 radical (unpaired) electrons. The van der Waals surface area contributed by atoms with Crippen molar-refractivity contribution in [1.29, 1.82) is 0 Å². The van der Waals surface area contributed by atoms with Gasteiger partial charge in [-0.3, -0.25) is 14.4 Å². The molecule has 1 aromatic carbocycles. The van der Waals surface area contributed by atoms with Crippen LogP contribution in [0.1, 0.15) is 25.7 Å². The molecule has 2 amide bonds. The third kappa shape index (κ3) is 4.85. The molecule has 0 aliphatic carbocycles. The average molecular weight is 306 g/mol. The molecule has 3 N–H and O–H groups in total. The number of hydrogen-bond acceptors (Lipinski definition) is 4. The summed E-state index contributed by atoms with van der Waals surface area (Å²) in [6.07, 6.45) is 0.937. The zero-order chi connectivity index (χ0) is 15.9. The summed E-state index contributed by atoms with van der Waals surface area (Å²) in [4.78, 5) is 33.7. The highest BCUT2D eigenvalue weighted by atomic mass is 16.5. The first-order chi connectivity index (χ1) is 10.5. The first-order valence-electron chi connectivity index (χ1n) is 7.09. The number of amides is 2. The Morgan fingerprint density at radius 1 is 1.09 bits per heavy atom. The van der Waals surface area contributed by atoms with Crippen LogP contribution in [0.25, 0.3) is 0 Å². The van der Waals surface area contributed by atoms with Crippen molar-refractivity contribution < 1.29 is 24.2 Å². The molecule has 1 aromatic rings. The van der Waals surface area contributed by atoms with Gasteiger partial charge in [-0.25, -0.2) is 0 Å². The molecule has 7 heteroatoms. The van der Waals surface area contributed by atoms with Gasteiger partial charge in [0, 0.05) is 24.4 Å². The predicted molar refractivity (Wildman–Crippen MR) is 79.5 cm³/mol. The van der Waals surface area contributed by atoms with Gasteiger partial charge in [-0.2, -0.15) is 0 Å². The molecule has 0 aromatic heterocycles. The first kappa shape index (κ1) is 16.0. The monoisotopic (exact) mass is 306 g/mol. The van der Waals surface area contributed by atoms with Crippen LogP contribution in [-0.4, -0.2) is 35.6 Å². The van der Waals surface area contributed by atoms with Crippen LogP contribution in [0.15, 0.2) is 24.3 Å². The molecule has 7 nitrogen and oxygen atoms in total. The van der Waals surface area contributed by atoms with Crippen LogP contribution in [0, 0.1) is 0 Å². The smallest absolute Gasteiger partial charge is 0.303 e. The lowest BCUT2D eigenvalue weighted by molar-refractivity contribution is -0.138. The lowest BCUT2D eigenvalue weighted by Crippen LogP contribution is -2.26. The van der Waals surface area contributed by atoms with E-state index in [-0.39, 0.29) is 24.7 Å². The Balaban J connectivity index is 1.83. The van der Waals surface area contributed by atoms with E-state index < -0.39 is 12.1 Å². The minimum Gasteiger partial charge on any atom is -0.481 e. The third-order valence-electron chi connectivity index (χ3n) is 3.22. The molecule has 22 heavy (non-hydrogen) atoms. The number of aliphatic carboxylic acids is 1. The molecule has 118 valence electrons. The van der Waals surface area contributed by atoms with Crippen molar-refractivity contribution in [3.63, 3.8) is 0 Å². The zero-order valence-corrected chi connectivity index (χ0v) is 12.0. The van der Waals surface area contributed by atoms with Crippen LogP contribution < -0.4 is 10.6 Å². The number of nitrogens with one attached hydrogen (secondary N) is 2. The maximum atomic E-state index is 11.9. The van der Waals surface area contributed by atoms with Crippen molar-refractivity contribution in [3.05, 3.63) is 24.3 Å². The molecule has 1 heterocycles. The van der Waals surface area contributed by atoms with E-state index in [9.17, 15) is 14.4 Å². The number of carboxylic acid groups (broad SMARTS) is 1. The second-order valence-corrected chi connectivity index (χ2v) is 5.01. The van der Waals surface area contributed by atoms with E-state index >= 15 is 0 Å². The van der Waals surface area contributed by atoms with Gasteiger partial charge in [-0.15, -0.1) is 0 Å². The fourth-order valence-corrected chi connectivity index (χ4v) is 2.09. The van der Waals surface area contributed by atoms with E-state index in [1.54, 1.807) is 24.3 Å². The number of carboxylic acids is 1. The van der Waals surface area contributed by atoms with Gasteiger partial charge in [-0.1, -0.05) is 0 Å². The highest BCUT2D eigenvalue weighted by Crippen LogP contribution is 2.17. The van der Waals surface area contributed by atoms with Crippen LogP contribution in [-0.2, 0) is 19.1 Å². The Kier molecular flexibility index (Phi) is 5.48. The molecule has 2 rings (SSSR count). The largest absolute Gasteiger partial charge is 0.481 e. The molecule has 0 saturated carbocycles. The minimum atomic E-state index is -1.01. The third-order valence-corrected chi connectivity index (χ3v) is 3.22. The quantitative estimate of drug-likeness (QED) is 0.740. The molecular formula is C15H18N2O5. The summed E-state index contributed by atoms with van der Waals surface area (Å²) in [6, 6.07) is 6.62. The van der Waals surface area contributed by atoms with E-state index in [1.165, 1.54) is 0 Å². The van der Waals surface area contributed by atoms with Gasteiger partial charge in [0.2, 0.25) is 5.91 Å². The van der Waals surface area contributed by atoms with Gasteiger partial charge in [0.15, 0.2) is 0 Å². The van der Waals surface area contributed by atoms with Crippen molar-refractivity contribution in [3.8, 4) is 0 Å². The number of hydrogen-bond donors (Lipinski definition) is 3. The van der Waals surface area contributed by atoms with E-state index in [0.29, 0.717) is 18.0 Å². The number of benzene rings is 1. The molecule has 0 bridgehead atoms. The summed E-state index contributed by atoms with van der Waals surface area (Å²) in [5.74, 6) is -1.54. The molecule has 0 spiro atoms. The highest BCUT2D eigenvalue weighted by molar-refractivity contribution is 5.95. The van der Waals surface area contributed by atoms with Crippen molar-refractivity contribution in [2.75, 3.05) is 17.2 Å². The molecule has 1 saturated heterocycles. The fraction of sp³-hybridized carbons (Fsp3) is 0.400. The lowest BCUT2D eigenvalue weighted by atomic mass is 10.2. The summed E-state index contributed by atoms with van der Waals surface area (Å²) in [7, 11) is 0. The normalized spacial score (nSPS) is 17.0. The van der Waals surface area contributed by atoms with Gasteiger partial charge in [0.1, 0.15) is 6.10 Å². The van der Waals surface area contributed by atoms with Gasteiger partial charge < -0.3 is 20.5 Å².